The maximum absolute atomic E-state index is 13.0. The summed E-state index contributed by atoms with van der Waals surface area (Å²) in [6.45, 7) is 0.374. The molecule has 0 aliphatic heterocycles. The van der Waals surface area contributed by atoms with Crippen molar-refractivity contribution in [1.82, 2.24) is 24.8 Å². The number of aromatic amines is 1. The van der Waals surface area contributed by atoms with Crippen LogP contribution in [0.1, 0.15) is 17.2 Å². The number of alkyl halides is 3. The van der Waals surface area contributed by atoms with Gasteiger partial charge >= 0.3 is 6.18 Å². The van der Waals surface area contributed by atoms with Gasteiger partial charge < -0.3 is 15.2 Å². The molecule has 0 bridgehead atoms. The van der Waals surface area contributed by atoms with Crippen LogP contribution in [0.2, 0.25) is 0 Å². The predicted octanol–water partition coefficient (Wildman–Crippen LogP) is 3.09. The van der Waals surface area contributed by atoms with Crippen LogP contribution in [-0.2, 0) is 6.18 Å². The highest BCUT2D eigenvalue weighted by atomic mass is 19.4. The van der Waals surface area contributed by atoms with Crippen LogP contribution in [0.15, 0.2) is 36.9 Å². The average Bonchev–Trinajstić information content (AvgIpc) is 3.03. The third-order valence-corrected chi connectivity index (χ3v) is 3.91. The van der Waals surface area contributed by atoms with Crippen LogP contribution < -0.4 is 5.32 Å². The van der Waals surface area contributed by atoms with Gasteiger partial charge in [-0.1, -0.05) is 12.1 Å². The van der Waals surface area contributed by atoms with Crippen molar-refractivity contribution >= 4 is 17.0 Å². The summed E-state index contributed by atoms with van der Waals surface area (Å²) < 4.78 is 38.9. The van der Waals surface area contributed by atoms with Gasteiger partial charge in [0.25, 0.3) is 0 Å². The minimum absolute atomic E-state index is 0.268. The molecular formula is C16H17F3N6. The molecule has 9 heteroatoms. The quantitative estimate of drug-likeness (QED) is 0.740. The molecule has 1 aromatic carbocycles. The van der Waals surface area contributed by atoms with E-state index in [1.165, 1.54) is 24.8 Å². The Morgan fingerprint density at radius 3 is 2.72 bits per heavy atom. The number of fused-ring (bicyclic) bond motifs is 1. The normalized spacial score (nSPS) is 13.4. The van der Waals surface area contributed by atoms with Crippen molar-refractivity contribution in [2.24, 2.45) is 0 Å². The van der Waals surface area contributed by atoms with Crippen LogP contribution in [0.25, 0.3) is 11.2 Å². The molecule has 3 rings (SSSR count). The maximum Gasteiger partial charge on any atom is 0.416 e. The second kappa shape index (κ2) is 6.67. The van der Waals surface area contributed by atoms with Crippen molar-refractivity contribution in [2.75, 3.05) is 26.0 Å². The van der Waals surface area contributed by atoms with Gasteiger partial charge in [-0.3, -0.25) is 0 Å². The first-order valence-corrected chi connectivity index (χ1v) is 7.58. The van der Waals surface area contributed by atoms with Crippen molar-refractivity contribution in [3.63, 3.8) is 0 Å². The molecule has 0 spiro atoms. The van der Waals surface area contributed by atoms with Gasteiger partial charge in [0.1, 0.15) is 11.8 Å². The highest BCUT2D eigenvalue weighted by Gasteiger charge is 2.31. The molecule has 1 atom stereocenters. The Morgan fingerprint density at radius 1 is 1.20 bits per heavy atom. The van der Waals surface area contributed by atoms with E-state index >= 15 is 0 Å². The van der Waals surface area contributed by atoms with Crippen LogP contribution in [-0.4, -0.2) is 45.5 Å². The molecule has 6 nitrogen and oxygen atoms in total. The number of nitrogens with one attached hydrogen (secondary N) is 2. The van der Waals surface area contributed by atoms with E-state index in [-0.39, 0.29) is 6.04 Å². The Kier molecular flexibility index (Phi) is 4.58. The number of anilines is 1. The number of likely N-dealkylation sites (N-methyl/N-ethyl adjacent to an activating group) is 1. The number of hydrogen-bond donors (Lipinski definition) is 2. The second-order valence-electron chi connectivity index (χ2n) is 5.81. The van der Waals surface area contributed by atoms with E-state index in [0.717, 1.165) is 6.07 Å². The van der Waals surface area contributed by atoms with Crippen LogP contribution in [0.5, 0.6) is 0 Å². The second-order valence-corrected chi connectivity index (χ2v) is 5.81. The Hall–Kier alpha value is -2.68. The zero-order chi connectivity index (χ0) is 18.0. The van der Waals surface area contributed by atoms with Crippen molar-refractivity contribution in [3.05, 3.63) is 48.0 Å². The molecule has 0 saturated carbocycles. The highest BCUT2D eigenvalue weighted by molar-refractivity contribution is 5.81. The van der Waals surface area contributed by atoms with Crippen LogP contribution in [0.3, 0.4) is 0 Å². The fourth-order valence-corrected chi connectivity index (χ4v) is 2.61. The summed E-state index contributed by atoms with van der Waals surface area (Å²) >= 11 is 0. The maximum atomic E-state index is 13.0. The van der Waals surface area contributed by atoms with E-state index in [2.05, 4.69) is 25.3 Å². The Balaban J connectivity index is 1.84. The molecule has 0 saturated heterocycles. The van der Waals surface area contributed by atoms with Gasteiger partial charge in [0.15, 0.2) is 11.5 Å². The molecule has 0 aliphatic carbocycles. The van der Waals surface area contributed by atoms with Gasteiger partial charge in [-0.2, -0.15) is 13.2 Å². The summed E-state index contributed by atoms with van der Waals surface area (Å²) in [7, 11) is 3.64. The van der Waals surface area contributed by atoms with Crippen molar-refractivity contribution < 1.29 is 13.2 Å². The first-order chi connectivity index (χ1) is 11.9. The Labute approximate surface area is 142 Å². The van der Waals surface area contributed by atoms with Crippen molar-refractivity contribution in [1.29, 1.82) is 0 Å². The lowest BCUT2D eigenvalue weighted by molar-refractivity contribution is -0.137. The fraction of sp³-hybridized carbons (Fsp3) is 0.312. The minimum Gasteiger partial charge on any atom is -0.366 e. The summed E-state index contributed by atoms with van der Waals surface area (Å²) in [6, 6.07) is 5.09. The smallest absolute Gasteiger partial charge is 0.366 e. The van der Waals surface area contributed by atoms with Gasteiger partial charge in [-0.25, -0.2) is 15.0 Å². The number of H-pyrrole nitrogens is 1. The molecule has 3 aromatic rings. The average molecular weight is 350 g/mol. The minimum atomic E-state index is -4.37. The molecule has 2 N–H and O–H groups in total. The lowest BCUT2D eigenvalue weighted by atomic mass is 10.0. The first kappa shape index (κ1) is 17.2. The lowest BCUT2D eigenvalue weighted by Gasteiger charge is -2.26. The third kappa shape index (κ3) is 3.71. The molecule has 0 fully saturated rings. The summed E-state index contributed by atoms with van der Waals surface area (Å²) in [4.78, 5) is 17.1. The van der Waals surface area contributed by atoms with E-state index in [4.69, 9.17) is 0 Å². The Bertz CT molecular complexity index is 858. The number of nitrogens with zero attached hydrogens (tertiary/aromatic N) is 4. The number of halogens is 3. The number of rotatable bonds is 5. The van der Waals surface area contributed by atoms with Gasteiger partial charge in [0.05, 0.1) is 17.9 Å². The first-order valence-electron chi connectivity index (χ1n) is 7.58. The molecule has 132 valence electrons. The largest absolute Gasteiger partial charge is 0.416 e. The fourth-order valence-electron chi connectivity index (χ4n) is 2.61. The molecule has 2 heterocycles. The Morgan fingerprint density at radius 2 is 2.00 bits per heavy atom. The molecule has 0 amide bonds. The van der Waals surface area contributed by atoms with E-state index < -0.39 is 11.7 Å². The van der Waals surface area contributed by atoms with Crippen molar-refractivity contribution in [3.8, 4) is 0 Å². The molecular weight excluding hydrogens is 333 g/mol. The van der Waals surface area contributed by atoms with Gasteiger partial charge in [-0.05, 0) is 31.8 Å². The number of imidazole rings is 1. The van der Waals surface area contributed by atoms with E-state index in [1.54, 1.807) is 6.07 Å². The molecule has 2 aromatic heterocycles. The SMILES string of the molecule is CN(C)C(CNc1ncnc2nc[nH]c12)c1cccc(C(F)(F)F)c1. The summed E-state index contributed by atoms with van der Waals surface area (Å²) in [6.07, 6.45) is -1.46. The van der Waals surface area contributed by atoms with Crippen LogP contribution in [0.4, 0.5) is 19.0 Å². The third-order valence-electron chi connectivity index (χ3n) is 3.91. The van der Waals surface area contributed by atoms with Crippen molar-refractivity contribution in [2.45, 2.75) is 12.2 Å². The van der Waals surface area contributed by atoms with Gasteiger partial charge in [0, 0.05) is 6.54 Å². The molecule has 0 radical (unpaired) electrons. The van der Waals surface area contributed by atoms with Crippen LogP contribution in [0, 0.1) is 0 Å². The summed E-state index contributed by atoms with van der Waals surface area (Å²) in [5.41, 5.74) is 1.10. The zero-order valence-electron chi connectivity index (χ0n) is 13.7. The van der Waals surface area contributed by atoms with E-state index in [9.17, 15) is 13.2 Å². The van der Waals surface area contributed by atoms with Gasteiger partial charge in [0.2, 0.25) is 0 Å². The monoisotopic (exact) mass is 350 g/mol. The predicted molar refractivity (Wildman–Crippen MR) is 88.0 cm³/mol. The topological polar surface area (TPSA) is 69.7 Å². The molecule has 25 heavy (non-hydrogen) atoms. The number of benzene rings is 1. The number of aromatic nitrogens is 4. The summed E-state index contributed by atoms with van der Waals surface area (Å²) in [5.74, 6) is 0.557. The number of hydrogen-bond acceptors (Lipinski definition) is 5. The zero-order valence-corrected chi connectivity index (χ0v) is 13.7. The molecule has 1 unspecified atom stereocenters. The van der Waals surface area contributed by atoms with Crippen LogP contribution >= 0.6 is 0 Å². The van der Waals surface area contributed by atoms with Gasteiger partial charge in [-0.15, -0.1) is 0 Å². The molecule has 0 aliphatic rings. The highest BCUT2D eigenvalue weighted by Crippen LogP contribution is 2.31. The van der Waals surface area contributed by atoms with E-state index in [1.807, 2.05) is 19.0 Å². The standard InChI is InChI=1S/C16H17F3N6/c1-25(2)12(10-4-3-5-11(6-10)16(17,18)19)7-20-14-13-15(22-8-21-13)24-9-23-14/h3-6,8-9,12H,7H2,1-2H3,(H2,20,21,22,23,24). The van der Waals surface area contributed by atoms with E-state index in [0.29, 0.717) is 29.1 Å². The summed E-state index contributed by atoms with van der Waals surface area (Å²) in [5, 5.41) is 3.17. The lowest BCUT2D eigenvalue weighted by Crippen LogP contribution is -2.27.